The number of aromatic nitrogens is 4. The molecule has 1 aromatic carbocycles. The first-order valence-corrected chi connectivity index (χ1v) is 8.59. The maximum atomic E-state index is 12.6. The molecule has 0 aliphatic carbocycles. The highest BCUT2D eigenvalue weighted by molar-refractivity contribution is 5.81. The number of nitrogens with one attached hydrogen (secondary N) is 1. The van der Waals surface area contributed by atoms with Gasteiger partial charge in [-0.3, -0.25) is 13.8 Å². The number of benzene rings is 1. The van der Waals surface area contributed by atoms with Gasteiger partial charge in [0.05, 0.1) is 23.5 Å². The zero-order valence-electron chi connectivity index (χ0n) is 15.3. The van der Waals surface area contributed by atoms with Gasteiger partial charge in [-0.15, -0.1) is 10.2 Å². The van der Waals surface area contributed by atoms with E-state index in [1.54, 1.807) is 7.05 Å². The zero-order chi connectivity index (χ0) is 18.4. The van der Waals surface area contributed by atoms with E-state index in [2.05, 4.69) is 15.5 Å². The Morgan fingerprint density at radius 1 is 1.19 bits per heavy atom. The van der Waals surface area contributed by atoms with Crippen molar-refractivity contribution in [2.45, 2.75) is 33.4 Å². The number of rotatable bonds is 4. The van der Waals surface area contributed by atoms with E-state index in [0.717, 1.165) is 28.4 Å². The summed E-state index contributed by atoms with van der Waals surface area (Å²) in [7, 11) is 1.72. The van der Waals surface area contributed by atoms with Crippen LogP contribution in [0, 0.1) is 13.8 Å². The molecule has 0 spiro atoms. The molecule has 0 bridgehead atoms. The summed E-state index contributed by atoms with van der Waals surface area (Å²) in [6.07, 6.45) is 0. The third-order valence-electron chi connectivity index (χ3n) is 4.70. The lowest BCUT2D eigenvalue weighted by molar-refractivity contribution is 0.413. The summed E-state index contributed by atoms with van der Waals surface area (Å²) in [5, 5.41) is 12.6. The van der Waals surface area contributed by atoms with Crippen molar-refractivity contribution in [3.05, 3.63) is 63.6 Å². The fourth-order valence-electron chi connectivity index (χ4n) is 3.20. The summed E-state index contributed by atoms with van der Waals surface area (Å²) >= 11 is 0. The van der Waals surface area contributed by atoms with E-state index in [4.69, 9.17) is 4.42 Å². The fraction of sp³-hybridized carbons (Fsp3) is 0.316. The van der Waals surface area contributed by atoms with Crippen LogP contribution in [-0.2, 0) is 13.6 Å². The molecule has 0 radical (unpaired) electrons. The lowest BCUT2D eigenvalue weighted by Gasteiger charge is -2.12. The molecule has 1 atom stereocenters. The van der Waals surface area contributed by atoms with Crippen LogP contribution in [0.5, 0.6) is 0 Å². The van der Waals surface area contributed by atoms with E-state index in [9.17, 15) is 4.79 Å². The van der Waals surface area contributed by atoms with Crippen LogP contribution in [0.15, 0.2) is 39.5 Å². The molecular weight excluding hydrogens is 330 g/mol. The normalized spacial score (nSPS) is 12.9. The lowest BCUT2D eigenvalue weighted by Crippen LogP contribution is -2.22. The minimum atomic E-state index is -0.0671. The van der Waals surface area contributed by atoms with Crippen LogP contribution >= 0.6 is 0 Å². The maximum absolute atomic E-state index is 12.6. The largest absolute Gasteiger partial charge is 0.465 e. The van der Waals surface area contributed by atoms with Gasteiger partial charge in [-0.05, 0) is 45.0 Å². The first kappa shape index (κ1) is 16.5. The Hall–Kier alpha value is -2.93. The van der Waals surface area contributed by atoms with Crippen molar-refractivity contribution in [2.75, 3.05) is 0 Å². The van der Waals surface area contributed by atoms with Crippen molar-refractivity contribution in [3.63, 3.8) is 0 Å². The van der Waals surface area contributed by atoms with Crippen molar-refractivity contribution in [3.8, 4) is 0 Å². The number of furan rings is 1. The molecule has 1 unspecified atom stereocenters. The van der Waals surface area contributed by atoms with Gasteiger partial charge in [-0.2, -0.15) is 0 Å². The third kappa shape index (κ3) is 2.61. The Bertz CT molecular complexity index is 1170. The van der Waals surface area contributed by atoms with E-state index in [0.29, 0.717) is 17.7 Å². The molecule has 0 fully saturated rings. The molecule has 7 nitrogen and oxygen atoms in total. The zero-order valence-corrected chi connectivity index (χ0v) is 15.3. The molecule has 0 aliphatic heterocycles. The summed E-state index contributed by atoms with van der Waals surface area (Å²) in [5.74, 6) is 3.05. The van der Waals surface area contributed by atoms with Crippen LogP contribution in [0.25, 0.3) is 16.7 Å². The lowest BCUT2D eigenvalue weighted by atomic mass is 10.1. The average molecular weight is 351 g/mol. The molecule has 0 aliphatic rings. The van der Waals surface area contributed by atoms with Crippen molar-refractivity contribution >= 4 is 16.7 Å². The number of nitrogens with zero attached hydrogens (tertiary/aromatic N) is 4. The van der Waals surface area contributed by atoms with Crippen LogP contribution in [0.3, 0.4) is 0 Å². The van der Waals surface area contributed by atoms with Gasteiger partial charge in [0.15, 0.2) is 5.82 Å². The van der Waals surface area contributed by atoms with Crippen molar-refractivity contribution in [2.24, 2.45) is 7.05 Å². The van der Waals surface area contributed by atoms with Crippen LogP contribution in [0.1, 0.15) is 35.9 Å². The van der Waals surface area contributed by atoms with Gasteiger partial charge >= 0.3 is 0 Å². The van der Waals surface area contributed by atoms with E-state index < -0.39 is 0 Å². The smallest absolute Gasteiger partial charge is 0.262 e. The molecule has 26 heavy (non-hydrogen) atoms. The summed E-state index contributed by atoms with van der Waals surface area (Å²) in [6, 6.07) is 9.81. The van der Waals surface area contributed by atoms with Gasteiger partial charge in [-0.25, -0.2) is 0 Å². The van der Waals surface area contributed by atoms with Gasteiger partial charge in [-0.1, -0.05) is 11.6 Å². The van der Waals surface area contributed by atoms with E-state index >= 15 is 0 Å². The van der Waals surface area contributed by atoms with Gasteiger partial charge in [0.2, 0.25) is 5.78 Å². The fourth-order valence-corrected chi connectivity index (χ4v) is 3.20. The molecule has 0 saturated heterocycles. The predicted molar refractivity (Wildman–Crippen MR) is 99.2 cm³/mol. The van der Waals surface area contributed by atoms with Crippen molar-refractivity contribution in [1.82, 2.24) is 24.5 Å². The second-order valence-electron chi connectivity index (χ2n) is 6.69. The summed E-state index contributed by atoms with van der Waals surface area (Å²) in [4.78, 5) is 12.6. The molecule has 134 valence electrons. The standard InChI is InChI=1S/C19H21N5O2/c1-11-5-7-15-14(9-11)18(25)23(4)19-22-21-17(24(15)19)10-20-13(3)16-8-6-12(2)26-16/h5-9,13,20H,10H2,1-4H3. The SMILES string of the molecule is Cc1ccc2c(c1)c(=O)n(C)c1nnc(CNC(C)c3ccc(C)o3)n21. The Balaban J connectivity index is 1.76. The van der Waals surface area contributed by atoms with Crippen LogP contribution in [0.4, 0.5) is 0 Å². The van der Waals surface area contributed by atoms with E-state index in [1.165, 1.54) is 4.57 Å². The monoisotopic (exact) mass is 351 g/mol. The predicted octanol–water partition coefficient (Wildman–Crippen LogP) is 2.64. The van der Waals surface area contributed by atoms with Gasteiger partial charge in [0.25, 0.3) is 5.56 Å². The minimum absolute atomic E-state index is 0.0390. The Morgan fingerprint density at radius 3 is 2.73 bits per heavy atom. The molecule has 0 saturated carbocycles. The molecule has 7 heteroatoms. The second kappa shape index (κ2) is 6.10. The van der Waals surface area contributed by atoms with E-state index in [-0.39, 0.29) is 11.6 Å². The van der Waals surface area contributed by atoms with Gasteiger partial charge < -0.3 is 9.73 Å². The second-order valence-corrected chi connectivity index (χ2v) is 6.69. The number of fused-ring (bicyclic) bond motifs is 3. The quantitative estimate of drug-likeness (QED) is 0.612. The summed E-state index contributed by atoms with van der Waals surface area (Å²) in [5.41, 5.74) is 1.79. The van der Waals surface area contributed by atoms with E-state index in [1.807, 2.05) is 55.5 Å². The summed E-state index contributed by atoms with van der Waals surface area (Å²) in [6.45, 7) is 6.45. The molecule has 3 aromatic heterocycles. The maximum Gasteiger partial charge on any atom is 0.262 e. The number of hydrogen-bond donors (Lipinski definition) is 1. The Labute approximate surface area is 150 Å². The van der Waals surface area contributed by atoms with Crippen LogP contribution in [0.2, 0.25) is 0 Å². The molecular formula is C19H21N5O2. The molecule has 3 heterocycles. The number of hydrogen-bond acceptors (Lipinski definition) is 5. The van der Waals surface area contributed by atoms with Crippen LogP contribution in [-0.4, -0.2) is 19.2 Å². The third-order valence-corrected chi connectivity index (χ3v) is 4.70. The number of aryl methyl sites for hydroxylation is 3. The highest BCUT2D eigenvalue weighted by Crippen LogP contribution is 2.18. The average Bonchev–Trinajstić information content (AvgIpc) is 3.24. The van der Waals surface area contributed by atoms with Crippen molar-refractivity contribution in [1.29, 1.82) is 0 Å². The Morgan fingerprint density at radius 2 is 2.00 bits per heavy atom. The summed E-state index contributed by atoms with van der Waals surface area (Å²) < 4.78 is 9.14. The Kier molecular flexibility index (Phi) is 3.88. The topological polar surface area (TPSA) is 77.4 Å². The minimum Gasteiger partial charge on any atom is -0.465 e. The van der Waals surface area contributed by atoms with Crippen molar-refractivity contribution < 1.29 is 4.42 Å². The highest BCUT2D eigenvalue weighted by Gasteiger charge is 2.16. The molecule has 1 N–H and O–H groups in total. The van der Waals surface area contributed by atoms with Crippen LogP contribution < -0.4 is 10.9 Å². The van der Waals surface area contributed by atoms with Gasteiger partial charge in [0, 0.05) is 7.05 Å². The van der Waals surface area contributed by atoms with Gasteiger partial charge in [0.1, 0.15) is 11.5 Å². The first-order valence-electron chi connectivity index (χ1n) is 8.59. The molecule has 4 aromatic rings. The first-order chi connectivity index (χ1) is 12.5. The highest BCUT2D eigenvalue weighted by atomic mass is 16.3. The molecule has 4 rings (SSSR count). The molecule has 0 amide bonds.